The van der Waals surface area contributed by atoms with Crippen molar-refractivity contribution in [3.8, 4) is 5.75 Å². The molecule has 0 saturated heterocycles. The molecule has 0 spiro atoms. The molecule has 3 aliphatic rings. The summed E-state index contributed by atoms with van der Waals surface area (Å²) >= 11 is 6.06. The third kappa shape index (κ3) is 3.03. The first-order chi connectivity index (χ1) is 14.7. The molecule has 0 bridgehead atoms. The highest BCUT2D eigenvalue weighted by atomic mass is 35.5. The SMILES string of the molecule is CC1(C)CC(=O)C2=C(C1)OC1=C(C(=O)c3ccc(O)cc3C1=O)C2c1ccc(Cl)cc1. The largest absolute Gasteiger partial charge is 0.508 e. The molecule has 156 valence electrons. The van der Waals surface area contributed by atoms with Crippen LogP contribution in [0.5, 0.6) is 5.75 Å². The minimum Gasteiger partial charge on any atom is -0.508 e. The van der Waals surface area contributed by atoms with Crippen molar-refractivity contribution in [2.45, 2.75) is 32.6 Å². The molecule has 1 heterocycles. The van der Waals surface area contributed by atoms with Gasteiger partial charge in [0.15, 0.2) is 17.3 Å². The Morgan fingerprint density at radius 3 is 2.35 bits per heavy atom. The highest BCUT2D eigenvalue weighted by Gasteiger charge is 2.48. The van der Waals surface area contributed by atoms with Gasteiger partial charge in [0.1, 0.15) is 11.5 Å². The number of ether oxygens (including phenoxy) is 1. The molecule has 2 aromatic carbocycles. The van der Waals surface area contributed by atoms with Crippen LogP contribution < -0.4 is 0 Å². The Morgan fingerprint density at radius 2 is 1.65 bits per heavy atom. The van der Waals surface area contributed by atoms with Gasteiger partial charge < -0.3 is 9.84 Å². The van der Waals surface area contributed by atoms with Crippen LogP contribution in [0.4, 0.5) is 0 Å². The molecule has 0 radical (unpaired) electrons. The third-order valence-corrected chi connectivity index (χ3v) is 6.32. The quantitative estimate of drug-likeness (QED) is 0.672. The van der Waals surface area contributed by atoms with Gasteiger partial charge in [0.05, 0.1) is 5.57 Å². The van der Waals surface area contributed by atoms with Crippen molar-refractivity contribution in [1.82, 2.24) is 0 Å². The van der Waals surface area contributed by atoms with Gasteiger partial charge >= 0.3 is 0 Å². The van der Waals surface area contributed by atoms with E-state index in [2.05, 4.69) is 0 Å². The molecule has 31 heavy (non-hydrogen) atoms. The van der Waals surface area contributed by atoms with Gasteiger partial charge in [-0.2, -0.15) is 0 Å². The van der Waals surface area contributed by atoms with Gasteiger partial charge in [-0.15, -0.1) is 0 Å². The fraction of sp³-hybridized carbons (Fsp3) is 0.240. The van der Waals surface area contributed by atoms with E-state index in [1.165, 1.54) is 18.2 Å². The maximum absolute atomic E-state index is 13.5. The molecular weight excluding hydrogens is 416 g/mol. The monoisotopic (exact) mass is 434 g/mol. The summed E-state index contributed by atoms with van der Waals surface area (Å²) in [7, 11) is 0. The van der Waals surface area contributed by atoms with Crippen molar-refractivity contribution in [2.75, 3.05) is 0 Å². The lowest BCUT2D eigenvalue weighted by molar-refractivity contribution is -0.119. The van der Waals surface area contributed by atoms with Gasteiger partial charge in [-0.1, -0.05) is 37.6 Å². The number of rotatable bonds is 1. The summed E-state index contributed by atoms with van der Waals surface area (Å²) in [5.41, 5.74) is 1.27. The molecule has 2 aliphatic carbocycles. The summed E-state index contributed by atoms with van der Waals surface area (Å²) < 4.78 is 6.02. The van der Waals surface area contributed by atoms with Crippen molar-refractivity contribution < 1.29 is 24.2 Å². The fourth-order valence-corrected chi connectivity index (χ4v) is 4.85. The molecule has 5 rings (SSSR count). The summed E-state index contributed by atoms with van der Waals surface area (Å²) in [5.74, 6) is -1.39. The van der Waals surface area contributed by atoms with Crippen LogP contribution in [0.25, 0.3) is 0 Å². The minimum atomic E-state index is -0.710. The summed E-state index contributed by atoms with van der Waals surface area (Å²) in [6, 6.07) is 11.0. The van der Waals surface area contributed by atoms with E-state index in [-0.39, 0.29) is 45.2 Å². The molecule has 1 unspecified atom stereocenters. The van der Waals surface area contributed by atoms with Gasteiger partial charge in [0.2, 0.25) is 5.78 Å². The number of hydrogen-bond acceptors (Lipinski definition) is 5. The molecule has 0 saturated carbocycles. The van der Waals surface area contributed by atoms with Gasteiger partial charge in [-0.3, -0.25) is 14.4 Å². The molecule has 5 nitrogen and oxygen atoms in total. The summed E-state index contributed by atoms with van der Waals surface area (Å²) in [6.45, 7) is 3.95. The van der Waals surface area contributed by atoms with Gasteiger partial charge in [-0.05, 0) is 41.3 Å². The van der Waals surface area contributed by atoms with E-state index in [4.69, 9.17) is 16.3 Å². The third-order valence-electron chi connectivity index (χ3n) is 6.07. The summed E-state index contributed by atoms with van der Waals surface area (Å²) in [4.78, 5) is 40.1. The lowest BCUT2D eigenvalue weighted by Gasteiger charge is -2.39. The second kappa shape index (κ2) is 6.66. The number of halogens is 1. The highest BCUT2D eigenvalue weighted by molar-refractivity contribution is 6.30. The molecule has 0 aromatic heterocycles. The molecule has 0 fully saturated rings. The lowest BCUT2D eigenvalue weighted by atomic mass is 9.67. The van der Waals surface area contributed by atoms with E-state index in [9.17, 15) is 19.5 Å². The predicted octanol–water partition coefficient (Wildman–Crippen LogP) is 5.14. The van der Waals surface area contributed by atoms with E-state index in [0.29, 0.717) is 34.8 Å². The smallest absolute Gasteiger partial charge is 0.229 e. The predicted molar refractivity (Wildman–Crippen MR) is 114 cm³/mol. The van der Waals surface area contributed by atoms with E-state index in [1.54, 1.807) is 24.3 Å². The number of aromatic hydroxyl groups is 1. The number of Topliss-reactive ketones (excluding diaryl/α,β-unsaturated/α-hetero) is 3. The molecule has 2 aromatic rings. The first-order valence-electron chi connectivity index (χ1n) is 10.0. The second-order valence-corrected chi connectivity index (χ2v) is 9.43. The van der Waals surface area contributed by atoms with E-state index in [1.807, 2.05) is 13.8 Å². The maximum atomic E-state index is 13.5. The zero-order chi connectivity index (χ0) is 22.1. The van der Waals surface area contributed by atoms with Crippen LogP contribution in [-0.2, 0) is 9.53 Å². The van der Waals surface area contributed by atoms with Crippen LogP contribution >= 0.6 is 11.6 Å². The first kappa shape index (κ1) is 19.8. The lowest BCUT2D eigenvalue weighted by Crippen LogP contribution is -2.37. The van der Waals surface area contributed by atoms with Crippen molar-refractivity contribution in [1.29, 1.82) is 0 Å². The number of carbonyl (C=O) groups excluding carboxylic acids is 3. The van der Waals surface area contributed by atoms with E-state index >= 15 is 0 Å². The summed E-state index contributed by atoms with van der Waals surface area (Å²) in [5, 5.41) is 10.4. The van der Waals surface area contributed by atoms with Crippen LogP contribution in [0.3, 0.4) is 0 Å². The van der Waals surface area contributed by atoms with Crippen molar-refractivity contribution in [3.63, 3.8) is 0 Å². The standard InChI is InChI=1S/C25H19ClO5/c1-25(2)10-17(28)20-18(11-25)31-24-21(19(20)12-3-5-13(26)6-4-12)22(29)15-8-7-14(27)9-16(15)23(24)30/h3-9,19,27H,10-11H2,1-2H3. The molecule has 1 atom stereocenters. The number of phenolic OH excluding ortho intramolecular Hbond substituents is 1. The van der Waals surface area contributed by atoms with Gasteiger partial charge in [0, 0.05) is 40.5 Å². The van der Waals surface area contributed by atoms with Crippen LogP contribution in [0.15, 0.2) is 65.1 Å². The topological polar surface area (TPSA) is 80.7 Å². The molecule has 1 N–H and O–H groups in total. The van der Waals surface area contributed by atoms with E-state index < -0.39 is 11.7 Å². The Labute approximate surface area is 184 Å². The maximum Gasteiger partial charge on any atom is 0.229 e. The van der Waals surface area contributed by atoms with Crippen molar-refractivity contribution >= 4 is 29.0 Å². The Morgan fingerprint density at radius 1 is 0.935 bits per heavy atom. The van der Waals surface area contributed by atoms with Crippen LogP contribution in [0.1, 0.15) is 58.9 Å². The number of phenols is 1. The Hall–Kier alpha value is -3.18. The number of allylic oxidation sites excluding steroid dienone is 4. The number of benzene rings is 2. The normalized spacial score (nSPS) is 22.0. The fourth-order valence-electron chi connectivity index (χ4n) is 4.72. The molecule has 6 heteroatoms. The Kier molecular flexibility index (Phi) is 4.25. The van der Waals surface area contributed by atoms with Gasteiger partial charge in [0.25, 0.3) is 0 Å². The average Bonchev–Trinajstić information content (AvgIpc) is 2.70. The van der Waals surface area contributed by atoms with Crippen molar-refractivity contribution in [3.05, 3.63) is 86.8 Å². The zero-order valence-electron chi connectivity index (χ0n) is 17.0. The van der Waals surface area contributed by atoms with Crippen LogP contribution in [0, 0.1) is 5.41 Å². The first-order valence-corrected chi connectivity index (χ1v) is 10.4. The number of ketones is 3. The number of hydrogen-bond donors (Lipinski definition) is 1. The van der Waals surface area contributed by atoms with Crippen LogP contribution in [-0.4, -0.2) is 22.5 Å². The van der Waals surface area contributed by atoms with E-state index in [0.717, 1.165) is 0 Å². The minimum absolute atomic E-state index is 0.0627. The second-order valence-electron chi connectivity index (χ2n) is 9.00. The zero-order valence-corrected chi connectivity index (χ0v) is 17.7. The Bertz CT molecular complexity index is 1250. The Balaban J connectivity index is 1.76. The van der Waals surface area contributed by atoms with Crippen LogP contribution in [0.2, 0.25) is 5.02 Å². The highest BCUT2D eigenvalue weighted by Crippen LogP contribution is 2.51. The number of fused-ring (bicyclic) bond motifs is 1. The van der Waals surface area contributed by atoms with Crippen molar-refractivity contribution in [2.24, 2.45) is 5.41 Å². The molecule has 1 aliphatic heterocycles. The average molecular weight is 435 g/mol. The number of carbonyl (C=O) groups is 3. The van der Waals surface area contributed by atoms with Gasteiger partial charge in [-0.25, -0.2) is 0 Å². The molecular formula is C25H19ClO5. The molecule has 0 amide bonds. The summed E-state index contributed by atoms with van der Waals surface area (Å²) in [6.07, 6.45) is 0.803.